The van der Waals surface area contributed by atoms with E-state index < -0.39 is 10.9 Å². The van der Waals surface area contributed by atoms with Crippen molar-refractivity contribution in [1.29, 1.82) is 5.26 Å². The maximum atomic E-state index is 11.1. The summed E-state index contributed by atoms with van der Waals surface area (Å²) >= 11 is 1.52. The molecule has 1 aromatic heterocycles. The predicted octanol–water partition coefficient (Wildman–Crippen LogP) is 6.92. The summed E-state index contributed by atoms with van der Waals surface area (Å²) in [5.74, 6) is -1.01. The highest BCUT2D eigenvalue weighted by atomic mass is 32.2. The van der Waals surface area contributed by atoms with E-state index in [2.05, 4.69) is 10.6 Å². The first-order valence-electron chi connectivity index (χ1n) is 10.9. The molecule has 0 aliphatic rings. The van der Waals surface area contributed by atoms with Gasteiger partial charge >= 0.3 is 5.97 Å². The minimum atomic E-state index is -1.01. The molecule has 0 atom stereocenters. The number of aromatic nitrogens is 1. The number of rotatable bonds is 7. The molecular weight excluding hydrogens is 474 g/mol. The molecule has 0 aliphatic heterocycles. The van der Waals surface area contributed by atoms with Crippen LogP contribution in [-0.4, -0.2) is 20.6 Å². The molecule has 0 unspecified atom stereocenters. The van der Waals surface area contributed by atoms with Crippen LogP contribution in [0.25, 0.3) is 17.3 Å². The number of nitriles is 1. The summed E-state index contributed by atoms with van der Waals surface area (Å²) in [6, 6.07) is 25.0. The van der Waals surface area contributed by atoms with Crippen LogP contribution in [0.3, 0.4) is 0 Å². The molecule has 1 N–H and O–H groups in total. The van der Waals surface area contributed by atoms with Crippen molar-refractivity contribution in [2.75, 3.05) is 0 Å². The molecule has 36 heavy (non-hydrogen) atoms. The summed E-state index contributed by atoms with van der Waals surface area (Å²) in [7, 11) is 0. The number of allylic oxidation sites excluding steroid dienone is 1. The van der Waals surface area contributed by atoms with Crippen LogP contribution in [0, 0.1) is 35.3 Å². The smallest absolute Gasteiger partial charge is 0.335 e. The van der Waals surface area contributed by atoms with Gasteiger partial charge < -0.3 is 9.67 Å². The molecule has 0 aliphatic carbocycles. The van der Waals surface area contributed by atoms with Gasteiger partial charge in [0.1, 0.15) is 0 Å². The van der Waals surface area contributed by atoms with E-state index in [9.17, 15) is 20.2 Å². The van der Waals surface area contributed by atoms with Crippen molar-refractivity contribution in [2.45, 2.75) is 23.6 Å². The van der Waals surface area contributed by atoms with Crippen molar-refractivity contribution < 1.29 is 14.8 Å². The van der Waals surface area contributed by atoms with E-state index in [0.29, 0.717) is 11.1 Å². The summed E-state index contributed by atoms with van der Waals surface area (Å²) < 4.78 is 2.11. The third-order valence-electron chi connectivity index (χ3n) is 5.71. The second-order valence-corrected chi connectivity index (χ2v) is 9.21. The summed E-state index contributed by atoms with van der Waals surface area (Å²) in [5.41, 5.74) is 5.19. The number of nitrogens with zero attached hydrogens (tertiary/aromatic N) is 3. The van der Waals surface area contributed by atoms with Crippen LogP contribution in [-0.2, 0) is 0 Å². The average Bonchev–Trinajstić information content (AvgIpc) is 3.15. The fourth-order valence-corrected chi connectivity index (χ4v) is 4.71. The normalized spacial score (nSPS) is 11.2. The Labute approximate surface area is 212 Å². The lowest BCUT2D eigenvalue weighted by Gasteiger charge is -2.11. The number of hydrogen-bond donors (Lipinski definition) is 1. The lowest BCUT2D eigenvalue weighted by molar-refractivity contribution is -0.384. The standard InChI is InChI=1S/C28H21N3O4S/c1-18-15-22(16-23(17-29)20-3-5-21(6-4-20)28(32)33)19(2)30(18)24-7-11-26(12-8-24)36-27-13-9-25(10-14-27)31(34)35/h3-16H,1-2H3,(H,32,33)/b23-16-. The van der Waals surface area contributed by atoms with Crippen LogP contribution in [0.15, 0.2) is 88.7 Å². The number of carboxylic acid groups (broad SMARTS) is 1. The van der Waals surface area contributed by atoms with Crippen LogP contribution in [0.5, 0.6) is 0 Å². The molecule has 0 fully saturated rings. The fourth-order valence-electron chi connectivity index (χ4n) is 3.89. The Morgan fingerprint density at radius 1 is 0.972 bits per heavy atom. The van der Waals surface area contributed by atoms with E-state index in [-0.39, 0.29) is 11.3 Å². The van der Waals surface area contributed by atoms with Gasteiger partial charge in [0.05, 0.1) is 22.1 Å². The number of carboxylic acids is 1. The van der Waals surface area contributed by atoms with E-state index in [1.54, 1.807) is 24.3 Å². The van der Waals surface area contributed by atoms with E-state index in [1.165, 1.54) is 36.0 Å². The average molecular weight is 496 g/mol. The first kappa shape index (κ1) is 24.5. The zero-order chi connectivity index (χ0) is 25.8. The molecule has 4 aromatic rings. The van der Waals surface area contributed by atoms with Crippen molar-refractivity contribution in [3.05, 3.63) is 117 Å². The highest BCUT2D eigenvalue weighted by Gasteiger charge is 2.12. The van der Waals surface area contributed by atoms with Gasteiger partial charge in [-0.25, -0.2) is 4.79 Å². The van der Waals surface area contributed by atoms with Crippen LogP contribution in [0.1, 0.15) is 32.9 Å². The summed E-state index contributed by atoms with van der Waals surface area (Å²) in [6.07, 6.45) is 1.81. The molecule has 7 nitrogen and oxygen atoms in total. The first-order valence-corrected chi connectivity index (χ1v) is 11.8. The van der Waals surface area contributed by atoms with Gasteiger partial charge in [0.2, 0.25) is 0 Å². The number of aromatic carboxylic acids is 1. The zero-order valence-corrected chi connectivity index (χ0v) is 20.3. The molecule has 0 saturated heterocycles. The monoisotopic (exact) mass is 495 g/mol. The number of nitro benzene ring substituents is 1. The Morgan fingerprint density at radius 3 is 2.06 bits per heavy atom. The molecule has 0 spiro atoms. The number of nitro groups is 1. The van der Waals surface area contributed by atoms with Crippen LogP contribution >= 0.6 is 11.8 Å². The lowest BCUT2D eigenvalue weighted by atomic mass is 10.0. The summed E-state index contributed by atoms with van der Waals surface area (Å²) in [6.45, 7) is 3.98. The predicted molar refractivity (Wildman–Crippen MR) is 139 cm³/mol. The fraction of sp³-hybridized carbons (Fsp3) is 0.0714. The second-order valence-electron chi connectivity index (χ2n) is 8.06. The number of non-ortho nitro benzene ring substituents is 1. The summed E-state index contributed by atoms with van der Waals surface area (Å²) in [5, 5.41) is 29.7. The van der Waals surface area contributed by atoms with Gasteiger partial charge in [-0.2, -0.15) is 5.26 Å². The minimum absolute atomic E-state index is 0.0648. The zero-order valence-electron chi connectivity index (χ0n) is 19.5. The van der Waals surface area contributed by atoms with Crippen molar-refractivity contribution in [2.24, 2.45) is 0 Å². The lowest BCUT2D eigenvalue weighted by Crippen LogP contribution is -1.99. The molecule has 178 valence electrons. The van der Waals surface area contributed by atoms with E-state index >= 15 is 0 Å². The number of benzene rings is 3. The molecular formula is C28H21N3O4S. The van der Waals surface area contributed by atoms with Crippen molar-refractivity contribution >= 4 is 35.1 Å². The quantitative estimate of drug-likeness (QED) is 0.169. The Morgan fingerprint density at radius 2 is 1.53 bits per heavy atom. The first-order chi connectivity index (χ1) is 17.3. The molecule has 8 heteroatoms. The third-order valence-corrected chi connectivity index (χ3v) is 6.73. The molecule has 4 rings (SSSR count). The van der Waals surface area contributed by atoms with Gasteiger partial charge in [0.25, 0.3) is 5.69 Å². The Bertz CT molecular complexity index is 1510. The number of aryl methyl sites for hydroxylation is 1. The molecule has 1 heterocycles. The van der Waals surface area contributed by atoms with E-state index in [4.69, 9.17) is 5.11 Å². The van der Waals surface area contributed by atoms with Crippen molar-refractivity contribution in [3.8, 4) is 11.8 Å². The Kier molecular flexibility index (Phi) is 7.04. The van der Waals surface area contributed by atoms with Gasteiger partial charge in [-0.15, -0.1) is 0 Å². The maximum absolute atomic E-state index is 11.1. The van der Waals surface area contributed by atoms with Crippen LogP contribution in [0.2, 0.25) is 0 Å². The van der Waals surface area contributed by atoms with Gasteiger partial charge in [-0.05, 0) is 85.6 Å². The molecule has 3 aromatic carbocycles. The van der Waals surface area contributed by atoms with Gasteiger partial charge in [-0.1, -0.05) is 23.9 Å². The highest BCUT2D eigenvalue weighted by Crippen LogP contribution is 2.31. The van der Waals surface area contributed by atoms with E-state index in [1.807, 2.05) is 50.3 Å². The van der Waals surface area contributed by atoms with Gasteiger partial charge in [0, 0.05) is 39.0 Å². The highest BCUT2D eigenvalue weighted by molar-refractivity contribution is 7.99. The third kappa shape index (κ3) is 5.22. The second kappa shape index (κ2) is 10.3. The molecule has 0 amide bonds. The molecule has 0 bridgehead atoms. The Balaban J connectivity index is 1.58. The summed E-state index contributed by atoms with van der Waals surface area (Å²) in [4.78, 5) is 23.4. The van der Waals surface area contributed by atoms with Gasteiger partial charge in [0.15, 0.2) is 0 Å². The molecule has 0 radical (unpaired) electrons. The van der Waals surface area contributed by atoms with Gasteiger partial charge in [-0.3, -0.25) is 10.1 Å². The van der Waals surface area contributed by atoms with Crippen molar-refractivity contribution in [1.82, 2.24) is 4.57 Å². The Hall–Kier alpha value is -4.61. The number of hydrogen-bond acceptors (Lipinski definition) is 5. The largest absolute Gasteiger partial charge is 0.478 e. The molecule has 0 saturated carbocycles. The van der Waals surface area contributed by atoms with Crippen LogP contribution in [0.4, 0.5) is 5.69 Å². The van der Waals surface area contributed by atoms with Crippen molar-refractivity contribution in [3.63, 3.8) is 0 Å². The van der Waals surface area contributed by atoms with E-state index in [0.717, 1.165) is 32.4 Å². The minimum Gasteiger partial charge on any atom is -0.478 e. The topological polar surface area (TPSA) is 109 Å². The number of carbonyl (C=O) groups is 1. The SMILES string of the molecule is Cc1cc(/C=C(/C#N)c2ccc(C(=O)O)cc2)c(C)n1-c1ccc(Sc2ccc([N+](=O)[O-])cc2)cc1. The maximum Gasteiger partial charge on any atom is 0.335 e. The van der Waals surface area contributed by atoms with Crippen LogP contribution < -0.4 is 0 Å².